The molecule has 0 bridgehead atoms. The molecule has 0 atom stereocenters. The van der Waals surface area contributed by atoms with Gasteiger partial charge in [-0.1, -0.05) is 29.8 Å². The van der Waals surface area contributed by atoms with Gasteiger partial charge in [-0.2, -0.15) is 0 Å². The number of hydrogen-bond acceptors (Lipinski definition) is 8. The lowest BCUT2D eigenvalue weighted by atomic mass is 10.2. The summed E-state index contributed by atoms with van der Waals surface area (Å²) in [7, 11) is -2.66. The molecule has 1 amide bonds. The Hall–Kier alpha value is -4.74. The van der Waals surface area contributed by atoms with Crippen LogP contribution in [0.2, 0.25) is 5.02 Å². The summed E-state index contributed by atoms with van der Waals surface area (Å²) in [5.74, 6) is 0.199. The van der Waals surface area contributed by atoms with Gasteiger partial charge in [0.1, 0.15) is 5.75 Å². The van der Waals surface area contributed by atoms with E-state index < -0.39 is 15.9 Å². The van der Waals surface area contributed by atoms with E-state index >= 15 is 0 Å². The molecule has 5 rings (SSSR count). The molecule has 2 heterocycles. The van der Waals surface area contributed by atoms with Crippen LogP contribution in [-0.4, -0.2) is 36.4 Å². The first kappa shape index (κ1) is 26.9. The number of aromatic nitrogens is 3. The van der Waals surface area contributed by atoms with Crippen molar-refractivity contribution >= 4 is 55.9 Å². The summed E-state index contributed by atoms with van der Waals surface area (Å²) >= 11 is 6.37. The number of halogens is 1. The second-order valence-corrected chi connectivity index (χ2v) is 10.6. The summed E-state index contributed by atoms with van der Waals surface area (Å²) in [5.41, 5.74) is 2.51. The normalized spacial score (nSPS) is 11.2. The van der Waals surface area contributed by atoms with Gasteiger partial charge in [-0.3, -0.25) is 14.5 Å². The number of pyridine rings is 1. The number of benzene rings is 3. The molecule has 2 aromatic heterocycles. The molecule has 0 spiro atoms. The second-order valence-electron chi connectivity index (χ2n) is 8.55. The fourth-order valence-corrected chi connectivity index (χ4v) is 5.01. The maximum Gasteiger partial charge on any atom is 0.263 e. The second kappa shape index (κ2) is 11.6. The summed E-state index contributed by atoms with van der Waals surface area (Å²) in [6.45, 7) is 0.269. The maximum atomic E-state index is 13.5. The van der Waals surface area contributed by atoms with Crippen LogP contribution in [0.1, 0.15) is 15.9 Å². The number of carbonyl (C=O) groups excluding carboxylic acids is 1. The van der Waals surface area contributed by atoms with Gasteiger partial charge in [0, 0.05) is 30.6 Å². The number of rotatable bonds is 9. The number of carbonyl (C=O) groups is 1. The molecule has 5 aromatic rings. The summed E-state index contributed by atoms with van der Waals surface area (Å²) < 4.78 is 34.7. The zero-order valence-electron chi connectivity index (χ0n) is 21.1. The maximum absolute atomic E-state index is 13.5. The minimum absolute atomic E-state index is 0.0508. The van der Waals surface area contributed by atoms with Crippen LogP contribution in [0, 0.1) is 0 Å². The Labute approximate surface area is 235 Å². The van der Waals surface area contributed by atoms with Crippen LogP contribution < -0.4 is 20.1 Å². The molecule has 0 fully saturated rings. The van der Waals surface area contributed by atoms with Crippen LogP contribution in [0.4, 0.5) is 17.3 Å². The monoisotopic (exact) mass is 574 g/mol. The largest absolute Gasteiger partial charge is 0.497 e. The van der Waals surface area contributed by atoms with E-state index in [1.807, 2.05) is 0 Å². The molecule has 10 nitrogen and oxygen atoms in total. The fraction of sp³-hybridized carbons (Fsp3) is 0.0714. The van der Waals surface area contributed by atoms with E-state index in [1.54, 1.807) is 67.0 Å². The van der Waals surface area contributed by atoms with Crippen molar-refractivity contribution in [2.24, 2.45) is 0 Å². The highest BCUT2D eigenvalue weighted by Gasteiger charge is 2.21. The molecule has 0 aliphatic heterocycles. The molecule has 40 heavy (non-hydrogen) atoms. The minimum atomic E-state index is -4.18. The third-order valence-electron chi connectivity index (χ3n) is 5.84. The first-order chi connectivity index (χ1) is 19.3. The van der Waals surface area contributed by atoms with Gasteiger partial charge in [0.05, 0.1) is 33.7 Å². The predicted octanol–water partition coefficient (Wildman–Crippen LogP) is 5.16. The van der Waals surface area contributed by atoms with E-state index in [9.17, 15) is 13.2 Å². The quantitative estimate of drug-likeness (QED) is 0.220. The van der Waals surface area contributed by atoms with Crippen molar-refractivity contribution in [1.82, 2.24) is 20.3 Å². The number of para-hydroxylation sites is 2. The summed E-state index contributed by atoms with van der Waals surface area (Å²) in [4.78, 5) is 25.7. The van der Waals surface area contributed by atoms with Crippen LogP contribution in [0.25, 0.3) is 11.0 Å². The van der Waals surface area contributed by atoms with E-state index in [2.05, 4.69) is 30.3 Å². The molecule has 0 aliphatic rings. The number of anilines is 3. The highest BCUT2D eigenvalue weighted by molar-refractivity contribution is 7.92. The van der Waals surface area contributed by atoms with Crippen LogP contribution in [-0.2, 0) is 16.6 Å². The van der Waals surface area contributed by atoms with Gasteiger partial charge in [-0.25, -0.2) is 18.4 Å². The molecule has 0 radical (unpaired) electrons. The lowest BCUT2D eigenvalue weighted by molar-refractivity contribution is 0.0950. The minimum Gasteiger partial charge on any atom is -0.497 e. The van der Waals surface area contributed by atoms with Gasteiger partial charge in [0.15, 0.2) is 11.6 Å². The van der Waals surface area contributed by atoms with E-state index in [-0.39, 0.29) is 28.6 Å². The zero-order valence-corrected chi connectivity index (χ0v) is 22.7. The number of amides is 1. The molecule has 0 saturated carbocycles. The van der Waals surface area contributed by atoms with Crippen LogP contribution >= 0.6 is 11.6 Å². The first-order valence-electron chi connectivity index (χ1n) is 12.0. The third kappa shape index (κ3) is 6.11. The van der Waals surface area contributed by atoms with E-state index in [1.165, 1.54) is 31.4 Å². The summed E-state index contributed by atoms with van der Waals surface area (Å²) in [6.07, 6.45) is 3.25. The lowest BCUT2D eigenvalue weighted by Crippen LogP contribution is -2.23. The Kier molecular flexibility index (Phi) is 7.76. The molecule has 202 valence electrons. The van der Waals surface area contributed by atoms with Crippen molar-refractivity contribution < 1.29 is 17.9 Å². The van der Waals surface area contributed by atoms with Crippen molar-refractivity contribution in [3.8, 4) is 5.75 Å². The zero-order chi connectivity index (χ0) is 28.1. The first-order valence-corrected chi connectivity index (χ1v) is 13.9. The molecule has 0 aliphatic carbocycles. The summed E-state index contributed by atoms with van der Waals surface area (Å²) in [6, 6.07) is 21.3. The number of methoxy groups -OCH3 is 1. The topological polar surface area (TPSA) is 135 Å². The van der Waals surface area contributed by atoms with Gasteiger partial charge in [0.2, 0.25) is 0 Å². The molecule has 3 aromatic carbocycles. The predicted molar refractivity (Wildman–Crippen MR) is 153 cm³/mol. The number of nitrogens with zero attached hydrogens (tertiary/aromatic N) is 3. The Bertz CT molecular complexity index is 1800. The SMILES string of the molecule is COc1ccc(Cl)c(Nc2nc3ccccc3nc2NS(=O)(=O)c2cccc(C(=O)NCc3ccncc3)c2)c1. The average Bonchev–Trinajstić information content (AvgIpc) is 2.97. The van der Waals surface area contributed by atoms with Crippen molar-refractivity contribution in [1.29, 1.82) is 0 Å². The van der Waals surface area contributed by atoms with Gasteiger partial charge in [-0.05, 0) is 60.2 Å². The Morgan fingerprint density at radius 2 is 1.62 bits per heavy atom. The van der Waals surface area contributed by atoms with Gasteiger partial charge >= 0.3 is 0 Å². The van der Waals surface area contributed by atoms with Crippen molar-refractivity contribution in [3.63, 3.8) is 0 Å². The Morgan fingerprint density at radius 1 is 0.900 bits per heavy atom. The number of fused-ring (bicyclic) bond motifs is 1. The van der Waals surface area contributed by atoms with E-state index in [0.717, 1.165) is 5.56 Å². The molecular weight excluding hydrogens is 552 g/mol. The van der Waals surface area contributed by atoms with E-state index in [4.69, 9.17) is 16.3 Å². The van der Waals surface area contributed by atoms with Gasteiger partial charge in [-0.15, -0.1) is 0 Å². The van der Waals surface area contributed by atoms with Gasteiger partial charge in [0.25, 0.3) is 15.9 Å². The summed E-state index contributed by atoms with van der Waals surface area (Å²) in [5, 5.41) is 6.21. The van der Waals surface area contributed by atoms with Crippen LogP contribution in [0.3, 0.4) is 0 Å². The standard InChI is InChI=1S/C28H23ClN6O4S/c1-39-20-9-10-22(29)25(16-20)34-26-27(33-24-8-3-2-7-23(24)32-26)35-40(37,38)21-6-4-5-19(15-21)28(36)31-17-18-11-13-30-14-12-18/h2-16H,17H2,1H3,(H,31,36)(H,32,34)(H,33,35). The lowest BCUT2D eigenvalue weighted by Gasteiger charge is -2.15. The third-order valence-corrected chi connectivity index (χ3v) is 7.50. The smallest absolute Gasteiger partial charge is 0.263 e. The highest BCUT2D eigenvalue weighted by atomic mass is 35.5. The van der Waals surface area contributed by atoms with Crippen molar-refractivity contribution in [2.75, 3.05) is 17.1 Å². The average molecular weight is 575 g/mol. The number of nitrogens with one attached hydrogen (secondary N) is 3. The Morgan fingerprint density at radius 3 is 2.35 bits per heavy atom. The van der Waals surface area contributed by atoms with Gasteiger partial charge < -0.3 is 15.4 Å². The number of ether oxygens (including phenoxy) is 1. The van der Waals surface area contributed by atoms with Crippen molar-refractivity contribution in [2.45, 2.75) is 11.4 Å². The molecule has 3 N–H and O–H groups in total. The fourth-order valence-electron chi connectivity index (χ4n) is 3.79. The number of hydrogen-bond donors (Lipinski definition) is 3. The number of sulfonamides is 1. The van der Waals surface area contributed by atoms with Crippen LogP contribution in [0.5, 0.6) is 5.75 Å². The van der Waals surface area contributed by atoms with Crippen molar-refractivity contribution in [3.05, 3.63) is 107 Å². The van der Waals surface area contributed by atoms with E-state index in [0.29, 0.717) is 27.5 Å². The Balaban J connectivity index is 1.45. The molecule has 0 saturated heterocycles. The van der Waals surface area contributed by atoms with Crippen LogP contribution in [0.15, 0.2) is 96.2 Å². The molecular formula is C28H23ClN6O4S. The highest BCUT2D eigenvalue weighted by Crippen LogP contribution is 2.32. The molecule has 0 unspecified atom stereocenters. The molecule has 12 heteroatoms.